The fourth-order valence-electron chi connectivity index (χ4n) is 2.45. The Kier molecular flexibility index (Phi) is 5.82. The van der Waals surface area contributed by atoms with Crippen LogP contribution in [0.3, 0.4) is 0 Å². The van der Waals surface area contributed by atoms with Crippen molar-refractivity contribution in [3.05, 3.63) is 60.2 Å². The van der Waals surface area contributed by atoms with E-state index in [1.807, 2.05) is 48.9 Å². The van der Waals surface area contributed by atoms with Gasteiger partial charge in [0.25, 0.3) is 10.0 Å². The molecule has 0 bridgehead atoms. The van der Waals surface area contributed by atoms with E-state index in [0.717, 1.165) is 12.5 Å². The molecular formula is C19H22N2O4S. The second-order valence-electron chi connectivity index (χ2n) is 6.69. The van der Waals surface area contributed by atoms with Crippen molar-refractivity contribution in [2.45, 2.75) is 32.1 Å². The van der Waals surface area contributed by atoms with Gasteiger partial charge in [0.15, 0.2) is 0 Å². The fourth-order valence-corrected chi connectivity index (χ4v) is 3.44. The molecule has 138 valence electrons. The Morgan fingerprint density at radius 2 is 1.54 bits per heavy atom. The average Bonchev–Trinajstić information content (AvgIpc) is 2.54. The Balaban J connectivity index is 2.08. The molecular weight excluding hydrogens is 352 g/mol. The fraction of sp³-hybridized carbons (Fsp3) is 0.263. The Morgan fingerprint density at radius 1 is 0.962 bits per heavy atom. The van der Waals surface area contributed by atoms with Crippen LogP contribution in [-0.4, -0.2) is 20.2 Å². The van der Waals surface area contributed by atoms with Gasteiger partial charge in [-0.1, -0.05) is 44.2 Å². The van der Waals surface area contributed by atoms with Crippen molar-refractivity contribution >= 4 is 27.5 Å². The van der Waals surface area contributed by atoms with Crippen LogP contribution < -0.4 is 10.0 Å². The van der Waals surface area contributed by atoms with Gasteiger partial charge in [-0.3, -0.25) is 9.59 Å². The van der Waals surface area contributed by atoms with E-state index >= 15 is 0 Å². The highest BCUT2D eigenvalue weighted by molar-refractivity contribution is 7.90. The maximum absolute atomic E-state index is 12.6. The molecule has 26 heavy (non-hydrogen) atoms. The highest BCUT2D eigenvalue weighted by Gasteiger charge is 2.28. The summed E-state index contributed by atoms with van der Waals surface area (Å²) in [5.41, 5.74) is 0.907. The summed E-state index contributed by atoms with van der Waals surface area (Å²) >= 11 is 0. The van der Waals surface area contributed by atoms with Crippen molar-refractivity contribution in [1.82, 2.24) is 4.72 Å². The van der Waals surface area contributed by atoms with Gasteiger partial charge in [0.1, 0.15) is 0 Å². The number of hydrogen-bond acceptors (Lipinski definition) is 4. The highest BCUT2D eigenvalue weighted by atomic mass is 32.2. The number of amides is 2. The molecule has 0 aliphatic carbocycles. The van der Waals surface area contributed by atoms with E-state index in [2.05, 4.69) is 5.32 Å². The molecule has 2 aromatic carbocycles. The van der Waals surface area contributed by atoms with Crippen LogP contribution in [-0.2, 0) is 26.0 Å². The Morgan fingerprint density at radius 3 is 2.08 bits per heavy atom. The number of anilines is 1. The van der Waals surface area contributed by atoms with Gasteiger partial charge in [0.2, 0.25) is 11.8 Å². The first-order chi connectivity index (χ1) is 12.1. The summed E-state index contributed by atoms with van der Waals surface area (Å²) in [5.74, 6) is -0.830. The summed E-state index contributed by atoms with van der Waals surface area (Å²) < 4.78 is 25.7. The minimum atomic E-state index is -3.89. The van der Waals surface area contributed by atoms with Gasteiger partial charge in [0, 0.05) is 18.0 Å². The molecule has 0 saturated heterocycles. The van der Waals surface area contributed by atoms with E-state index in [4.69, 9.17) is 0 Å². The third-order valence-corrected chi connectivity index (χ3v) is 5.25. The van der Waals surface area contributed by atoms with Gasteiger partial charge in [-0.25, -0.2) is 13.1 Å². The molecule has 7 heteroatoms. The maximum Gasteiger partial charge on any atom is 0.264 e. The number of benzene rings is 2. The van der Waals surface area contributed by atoms with Crippen LogP contribution in [0.25, 0.3) is 0 Å². The van der Waals surface area contributed by atoms with E-state index in [-0.39, 0.29) is 10.8 Å². The van der Waals surface area contributed by atoms with Crippen LogP contribution in [0.15, 0.2) is 59.5 Å². The van der Waals surface area contributed by atoms with Crippen LogP contribution in [0.4, 0.5) is 5.69 Å². The monoisotopic (exact) mass is 374 g/mol. The van der Waals surface area contributed by atoms with Crippen LogP contribution in [0.5, 0.6) is 0 Å². The molecule has 0 aromatic heterocycles. The molecule has 2 N–H and O–H groups in total. The number of rotatable bonds is 6. The van der Waals surface area contributed by atoms with Gasteiger partial charge in [0.05, 0.1) is 4.90 Å². The zero-order valence-corrected chi connectivity index (χ0v) is 15.8. The van der Waals surface area contributed by atoms with Crippen molar-refractivity contribution in [2.24, 2.45) is 5.41 Å². The number of nitrogens with one attached hydrogen (secondary N) is 2. The SMILES string of the molecule is CC(=O)NS(=O)(=O)c1ccc(NC(=O)C(C)(C)Cc2ccccc2)cc1. The quantitative estimate of drug-likeness (QED) is 0.813. The molecule has 2 rings (SSSR count). The minimum absolute atomic E-state index is 0.0470. The van der Waals surface area contributed by atoms with Crippen LogP contribution in [0.1, 0.15) is 26.3 Å². The second-order valence-corrected chi connectivity index (χ2v) is 8.37. The van der Waals surface area contributed by atoms with Crippen molar-refractivity contribution < 1.29 is 18.0 Å². The predicted molar refractivity (Wildman–Crippen MR) is 100 cm³/mol. The van der Waals surface area contributed by atoms with E-state index in [9.17, 15) is 18.0 Å². The van der Waals surface area contributed by atoms with E-state index in [1.54, 1.807) is 0 Å². The van der Waals surface area contributed by atoms with Gasteiger partial charge >= 0.3 is 0 Å². The molecule has 0 saturated carbocycles. The summed E-state index contributed by atoms with van der Waals surface area (Å²) in [6.45, 7) is 4.83. The summed E-state index contributed by atoms with van der Waals surface area (Å²) in [7, 11) is -3.89. The van der Waals surface area contributed by atoms with E-state index in [1.165, 1.54) is 24.3 Å². The van der Waals surface area contributed by atoms with E-state index in [0.29, 0.717) is 12.1 Å². The molecule has 0 atom stereocenters. The maximum atomic E-state index is 12.6. The number of sulfonamides is 1. The lowest BCUT2D eigenvalue weighted by Gasteiger charge is -2.23. The molecule has 0 fully saturated rings. The largest absolute Gasteiger partial charge is 0.326 e. The van der Waals surface area contributed by atoms with Crippen LogP contribution in [0.2, 0.25) is 0 Å². The molecule has 0 spiro atoms. The predicted octanol–water partition coefficient (Wildman–Crippen LogP) is 2.72. The van der Waals surface area contributed by atoms with E-state index < -0.39 is 21.3 Å². The van der Waals surface area contributed by atoms with Gasteiger partial charge in [-0.2, -0.15) is 0 Å². The van der Waals surface area contributed by atoms with Gasteiger partial charge in [-0.15, -0.1) is 0 Å². The summed E-state index contributed by atoms with van der Waals surface area (Å²) in [5, 5.41) is 2.80. The average molecular weight is 374 g/mol. The third-order valence-electron chi connectivity index (χ3n) is 3.80. The van der Waals surface area contributed by atoms with Gasteiger partial charge in [-0.05, 0) is 36.2 Å². The molecule has 0 heterocycles. The van der Waals surface area contributed by atoms with Crippen molar-refractivity contribution in [1.29, 1.82) is 0 Å². The van der Waals surface area contributed by atoms with Crippen LogP contribution >= 0.6 is 0 Å². The summed E-state index contributed by atoms with van der Waals surface area (Å²) in [6.07, 6.45) is 0.578. The summed E-state index contributed by atoms with van der Waals surface area (Å²) in [4.78, 5) is 23.5. The zero-order chi connectivity index (χ0) is 19.4. The number of hydrogen-bond donors (Lipinski definition) is 2. The second kappa shape index (κ2) is 7.70. The Labute approximate surface area is 153 Å². The Hall–Kier alpha value is -2.67. The lowest BCUT2D eigenvalue weighted by Crippen LogP contribution is -2.32. The smallest absolute Gasteiger partial charge is 0.264 e. The first kappa shape index (κ1) is 19.7. The summed E-state index contributed by atoms with van der Waals surface area (Å²) in [6, 6.07) is 15.4. The molecule has 2 amide bonds. The normalized spacial score (nSPS) is 11.7. The molecule has 0 radical (unpaired) electrons. The van der Waals surface area contributed by atoms with Crippen molar-refractivity contribution in [2.75, 3.05) is 5.32 Å². The molecule has 0 aliphatic rings. The zero-order valence-electron chi connectivity index (χ0n) is 14.9. The van der Waals surface area contributed by atoms with Crippen molar-refractivity contribution in [3.8, 4) is 0 Å². The molecule has 6 nitrogen and oxygen atoms in total. The first-order valence-electron chi connectivity index (χ1n) is 8.09. The van der Waals surface area contributed by atoms with Crippen molar-refractivity contribution in [3.63, 3.8) is 0 Å². The lowest BCUT2D eigenvalue weighted by molar-refractivity contribution is -0.124. The molecule has 0 unspecified atom stereocenters. The number of carbonyl (C=O) groups excluding carboxylic acids is 2. The molecule has 2 aromatic rings. The first-order valence-corrected chi connectivity index (χ1v) is 9.57. The topological polar surface area (TPSA) is 92.3 Å². The lowest BCUT2D eigenvalue weighted by atomic mass is 9.85. The van der Waals surface area contributed by atoms with Gasteiger partial charge < -0.3 is 5.32 Å². The standard InChI is InChI=1S/C19H22N2O4S/c1-14(22)21-26(24,25)17-11-9-16(10-12-17)20-18(23)19(2,3)13-15-7-5-4-6-8-15/h4-12H,13H2,1-3H3,(H,20,23)(H,21,22). The highest BCUT2D eigenvalue weighted by Crippen LogP contribution is 2.24. The molecule has 0 aliphatic heterocycles. The minimum Gasteiger partial charge on any atom is -0.326 e. The Bertz CT molecular complexity index is 889. The third kappa shape index (κ3) is 5.16. The number of carbonyl (C=O) groups is 2. The van der Waals surface area contributed by atoms with Crippen LogP contribution in [0, 0.1) is 5.41 Å².